The standard InChI is InChI=1S/C15H17N3O/c1-10-6-7-17-8-12(10)9-18-15(19)13-5-3-4-11(2)14(13)16/h3-8H,9,16H2,1-2H3,(H,18,19). The van der Waals surface area contributed by atoms with Crippen LogP contribution in [0.3, 0.4) is 0 Å². The number of para-hydroxylation sites is 1. The van der Waals surface area contributed by atoms with Crippen LogP contribution in [0.2, 0.25) is 0 Å². The topological polar surface area (TPSA) is 68.0 Å². The predicted octanol–water partition coefficient (Wildman–Crippen LogP) is 2.21. The smallest absolute Gasteiger partial charge is 0.253 e. The third-order valence-corrected chi connectivity index (χ3v) is 3.16. The Morgan fingerprint density at radius 1 is 1.26 bits per heavy atom. The summed E-state index contributed by atoms with van der Waals surface area (Å²) >= 11 is 0. The van der Waals surface area contributed by atoms with Gasteiger partial charge in [0.1, 0.15) is 0 Å². The van der Waals surface area contributed by atoms with Crippen molar-refractivity contribution < 1.29 is 4.79 Å². The van der Waals surface area contributed by atoms with Crippen LogP contribution in [-0.4, -0.2) is 10.9 Å². The lowest BCUT2D eigenvalue weighted by Gasteiger charge is -2.10. The minimum atomic E-state index is -0.163. The van der Waals surface area contributed by atoms with Crippen molar-refractivity contribution in [1.29, 1.82) is 0 Å². The molecule has 0 aliphatic heterocycles. The van der Waals surface area contributed by atoms with Crippen LogP contribution in [0.25, 0.3) is 0 Å². The Labute approximate surface area is 112 Å². The number of pyridine rings is 1. The fourth-order valence-electron chi connectivity index (χ4n) is 1.83. The molecular weight excluding hydrogens is 238 g/mol. The summed E-state index contributed by atoms with van der Waals surface area (Å²) in [7, 11) is 0. The van der Waals surface area contributed by atoms with E-state index >= 15 is 0 Å². The van der Waals surface area contributed by atoms with Gasteiger partial charge in [-0.3, -0.25) is 9.78 Å². The lowest BCUT2D eigenvalue weighted by Crippen LogP contribution is -2.24. The van der Waals surface area contributed by atoms with Gasteiger partial charge in [-0.05, 0) is 42.7 Å². The number of nitrogen functional groups attached to an aromatic ring is 1. The zero-order valence-corrected chi connectivity index (χ0v) is 11.1. The van der Waals surface area contributed by atoms with E-state index in [0.717, 1.165) is 16.7 Å². The average molecular weight is 255 g/mol. The second-order valence-corrected chi connectivity index (χ2v) is 4.52. The number of nitrogens with two attached hydrogens (primary N) is 1. The summed E-state index contributed by atoms with van der Waals surface area (Å²) in [5.41, 5.74) is 9.97. The van der Waals surface area contributed by atoms with Gasteiger partial charge in [-0.1, -0.05) is 12.1 Å². The second kappa shape index (κ2) is 5.52. The molecule has 1 aromatic heterocycles. The maximum absolute atomic E-state index is 12.1. The Bertz CT molecular complexity index is 608. The fourth-order valence-corrected chi connectivity index (χ4v) is 1.83. The molecule has 2 rings (SSSR count). The SMILES string of the molecule is Cc1ccncc1CNC(=O)c1cccc(C)c1N. The van der Waals surface area contributed by atoms with E-state index in [9.17, 15) is 4.79 Å². The Morgan fingerprint density at radius 2 is 2.05 bits per heavy atom. The lowest BCUT2D eigenvalue weighted by atomic mass is 10.1. The molecule has 0 saturated heterocycles. The summed E-state index contributed by atoms with van der Waals surface area (Å²) in [4.78, 5) is 16.1. The average Bonchev–Trinajstić information content (AvgIpc) is 2.40. The number of carbonyl (C=O) groups excluding carboxylic acids is 1. The van der Waals surface area contributed by atoms with E-state index in [1.54, 1.807) is 18.5 Å². The van der Waals surface area contributed by atoms with Crippen molar-refractivity contribution in [3.63, 3.8) is 0 Å². The van der Waals surface area contributed by atoms with Gasteiger partial charge < -0.3 is 11.1 Å². The minimum Gasteiger partial charge on any atom is -0.398 e. The molecule has 1 heterocycles. The molecule has 0 aliphatic rings. The van der Waals surface area contributed by atoms with Gasteiger partial charge in [0.15, 0.2) is 0 Å². The number of aromatic nitrogens is 1. The van der Waals surface area contributed by atoms with Crippen molar-refractivity contribution in [3.05, 3.63) is 58.9 Å². The molecule has 1 amide bonds. The Hall–Kier alpha value is -2.36. The predicted molar refractivity (Wildman–Crippen MR) is 75.7 cm³/mol. The normalized spacial score (nSPS) is 10.2. The van der Waals surface area contributed by atoms with E-state index in [4.69, 9.17) is 5.73 Å². The van der Waals surface area contributed by atoms with Crippen LogP contribution in [0.5, 0.6) is 0 Å². The molecule has 19 heavy (non-hydrogen) atoms. The summed E-state index contributed by atoms with van der Waals surface area (Å²) in [6.45, 7) is 4.33. The molecule has 0 fully saturated rings. The highest BCUT2D eigenvalue weighted by atomic mass is 16.1. The minimum absolute atomic E-state index is 0.163. The van der Waals surface area contributed by atoms with Crippen LogP contribution in [0.4, 0.5) is 5.69 Å². The van der Waals surface area contributed by atoms with E-state index in [-0.39, 0.29) is 5.91 Å². The van der Waals surface area contributed by atoms with Crippen LogP contribution < -0.4 is 11.1 Å². The number of nitrogens with zero attached hydrogens (tertiary/aromatic N) is 1. The van der Waals surface area contributed by atoms with Crippen LogP contribution in [0.15, 0.2) is 36.7 Å². The van der Waals surface area contributed by atoms with Crippen LogP contribution in [0, 0.1) is 13.8 Å². The van der Waals surface area contributed by atoms with E-state index in [1.165, 1.54) is 0 Å². The maximum atomic E-state index is 12.1. The Morgan fingerprint density at radius 3 is 2.79 bits per heavy atom. The van der Waals surface area contributed by atoms with Crippen molar-refractivity contribution in [2.24, 2.45) is 0 Å². The molecule has 1 aromatic carbocycles. The maximum Gasteiger partial charge on any atom is 0.253 e. The molecule has 3 N–H and O–H groups in total. The van der Waals surface area contributed by atoms with Crippen LogP contribution >= 0.6 is 0 Å². The first-order valence-corrected chi connectivity index (χ1v) is 6.12. The summed E-state index contributed by atoms with van der Waals surface area (Å²) in [6, 6.07) is 7.36. The molecule has 0 unspecified atom stereocenters. The van der Waals surface area contributed by atoms with Gasteiger partial charge in [-0.15, -0.1) is 0 Å². The van der Waals surface area contributed by atoms with Gasteiger partial charge in [0, 0.05) is 24.6 Å². The number of benzene rings is 1. The molecule has 4 nitrogen and oxygen atoms in total. The highest BCUT2D eigenvalue weighted by molar-refractivity contribution is 5.99. The van der Waals surface area contributed by atoms with Gasteiger partial charge >= 0.3 is 0 Å². The largest absolute Gasteiger partial charge is 0.398 e. The third-order valence-electron chi connectivity index (χ3n) is 3.16. The first-order valence-electron chi connectivity index (χ1n) is 6.12. The van der Waals surface area contributed by atoms with E-state index in [0.29, 0.717) is 17.8 Å². The van der Waals surface area contributed by atoms with Gasteiger partial charge in [0.25, 0.3) is 5.91 Å². The van der Waals surface area contributed by atoms with Crippen molar-refractivity contribution in [3.8, 4) is 0 Å². The molecule has 98 valence electrons. The fraction of sp³-hybridized carbons (Fsp3) is 0.200. The van der Waals surface area contributed by atoms with E-state index in [2.05, 4.69) is 10.3 Å². The summed E-state index contributed by atoms with van der Waals surface area (Å²) < 4.78 is 0. The Balaban J connectivity index is 2.10. The molecule has 2 aromatic rings. The van der Waals surface area contributed by atoms with Gasteiger partial charge in [0.05, 0.1) is 5.56 Å². The van der Waals surface area contributed by atoms with Crippen molar-refractivity contribution in [2.45, 2.75) is 20.4 Å². The first kappa shape index (κ1) is 13.1. The lowest BCUT2D eigenvalue weighted by molar-refractivity contribution is 0.0951. The molecule has 0 bridgehead atoms. The molecule has 0 saturated carbocycles. The first-order chi connectivity index (χ1) is 9.09. The quantitative estimate of drug-likeness (QED) is 0.826. The number of carbonyl (C=O) groups is 1. The van der Waals surface area contributed by atoms with Crippen molar-refractivity contribution in [1.82, 2.24) is 10.3 Å². The highest BCUT2D eigenvalue weighted by Gasteiger charge is 2.10. The van der Waals surface area contributed by atoms with Crippen molar-refractivity contribution >= 4 is 11.6 Å². The zero-order valence-electron chi connectivity index (χ0n) is 11.1. The number of anilines is 1. The number of hydrogen-bond donors (Lipinski definition) is 2. The van der Waals surface area contributed by atoms with Gasteiger partial charge in [0.2, 0.25) is 0 Å². The summed E-state index contributed by atoms with van der Waals surface area (Å²) in [6.07, 6.45) is 3.49. The van der Waals surface area contributed by atoms with E-state index < -0.39 is 0 Å². The molecule has 0 spiro atoms. The van der Waals surface area contributed by atoms with Gasteiger partial charge in [-0.25, -0.2) is 0 Å². The summed E-state index contributed by atoms with van der Waals surface area (Å²) in [5, 5.41) is 2.87. The molecule has 4 heteroatoms. The number of hydrogen-bond acceptors (Lipinski definition) is 3. The highest BCUT2D eigenvalue weighted by Crippen LogP contribution is 2.16. The van der Waals surface area contributed by atoms with Crippen molar-refractivity contribution in [2.75, 3.05) is 5.73 Å². The second-order valence-electron chi connectivity index (χ2n) is 4.52. The number of amides is 1. The molecular formula is C15H17N3O. The van der Waals surface area contributed by atoms with Crippen LogP contribution in [-0.2, 0) is 6.54 Å². The Kier molecular flexibility index (Phi) is 3.80. The summed E-state index contributed by atoms with van der Waals surface area (Å²) in [5.74, 6) is -0.163. The van der Waals surface area contributed by atoms with E-state index in [1.807, 2.05) is 32.0 Å². The van der Waals surface area contributed by atoms with Gasteiger partial charge in [-0.2, -0.15) is 0 Å². The molecule has 0 aliphatic carbocycles. The molecule has 0 radical (unpaired) electrons. The third kappa shape index (κ3) is 2.91. The monoisotopic (exact) mass is 255 g/mol. The number of nitrogens with one attached hydrogen (secondary N) is 1. The number of rotatable bonds is 3. The number of aryl methyl sites for hydroxylation is 2. The zero-order chi connectivity index (χ0) is 13.8. The van der Waals surface area contributed by atoms with Crippen LogP contribution in [0.1, 0.15) is 27.0 Å². The molecule has 0 atom stereocenters.